The summed E-state index contributed by atoms with van der Waals surface area (Å²) >= 11 is 6.02. The minimum atomic E-state index is -1.19. The summed E-state index contributed by atoms with van der Waals surface area (Å²) in [5, 5.41) is 23.7. The normalized spacial score (nSPS) is 26.9. The fourth-order valence-corrected chi connectivity index (χ4v) is 2.61. The quantitative estimate of drug-likeness (QED) is 0.832. The molecule has 1 fully saturated rings. The van der Waals surface area contributed by atoms with Crippen LogP contribution in [-0.2, 0) is 21.7 Å². The largest absolute Gasteiger partial charge is 0.481 e. The van der Waals surface area contributed by atoms with Gasteiger partial charge in [0, 0.05) is 7.11 Å². The summed E-state index contributed by atoms with van der Waals surface area (Å²) in [6.07, 6.45) is 1.79. The summed E-state index contributed by atoms with van der Waals surface area (Å²) in [7, 11) is 1.57. The van der Waals surface area contributed by atoms with Gasteiger partial charge in [0.15, 0.2) is 0 Å². The van der Waals surface area contributed by atoms with Crippen LogP contribution in [0.5, 0.6) is 0 Å². The molecule has 0 amide bonds. The molecule has 0 saturated heterocycles. The fraction of sp³-hybridized carbons (Fsp3) is 0.636. The van der Waals surface area contributed by atoms with Crippen molar-refractivity contribution in [3.8, 4) is 0 Å². The van der Waals surface area contributed by atoms with Gasteiger partial charge in [-0.25, -0.2) is 0 Å². The first-order valence-corrected chi connectivity index (χ1v) is 6.01. The maximum atomic E-state index is 10.8. The molecule has 0 radical (unpaired) electrons. The van der Waals surface area contributed by atoms with Crippen LogP contribution < -0.4 is 0 Å². The minimum absolute atomic E-state index is 0.167. The molecule has 0 bridgehead atoms. The molecule has 6 nitrogen and oxygen atoms in total. The molecule has 0 atom stereocenters. The summed E-state index contributed by atoms with van der Waals surface area (Å²) in [6.45, 7) is 0.919. The highest BCUT2D eigenvalue weighted by molar-refractivity contribution is 6.31. The van der Waals surface area contributed by atoms with Crippen LogP contribution in [0.1, 0.15) is 18.5 Å². The number of aliphatic hydroxyl groups is 1. The van der Waals surface area contributed by atoms with Crippen LogP contribution in [0.15, 0.2) is 6.20 Å². The first-order chi connectivity index (χ1) is 8.48. The van der Waals surface area contributed by atoms with Crippen LogP contribution >= 0.6 is 11.6 Å². The van der Waals surface area contributed by atoms with Crippen LogP contribution in [-0.4, -0.2) is 39.7 Å². The Morgan fingerprint density at radius 3 is 2.94 bits per heavy atom. The standard InChI is InChI=1S/C11H15ClN2O4/c1-18-3-2-14-9(8(12)6-13-14)11(17)4-7(5-11)10(15)16/h6-7,17H,2-5H2,1H3,(H,15,16). The van der Waals surface area contributed by atoms with Crippen LogP contribution in [0.2, 0.25) is 5.02 Å². The Labute approximate surface area is 109 Å². The Balaban J connectivity index is 2.18. The van der Waals surface area contributed by atoms with Gasteiger partial charge in [-0.3, -0.25) is 9.48 Å². The Bertz CT molecular complexity index is 454. The zero-order chi connectivity index (χ0) is 13.3. The van der Waals surface area contributed by atoms with Gasteiger partial charge in [0.1, 0.15) is 5.60 Å². The number of aliphatic carboxylic acids is 1. The van der Waals surface area contributed by atoms with Gasteiger partial charge in [0.25, 0.3) is 0 Å². The third-order valence-corrected chi connectivity index (χ3v) is 3.54. The van der Waals surface area contributed by atoms with E-state index in [1.165, 1.54) is 6.20 Å². The van der Waals surface area contributed by atoms with E-state index in [0.29, 0.717) is 23.9 Å². The van der Waals surface area contributed by atoms with Crippen molar-refractivity contribution in [2.45, 2.75) is 25.0 Å². The van der Waals surface area contributed by atoms with E-state index in [9.17, 15) is 9.90 Å². The molecule has 0 spiro atoms. The van der Waals surface area contributed by atoms with Crippen molar-refractivity contribution in [2.75, 3.05) is 13.7 Å². The number of ether oxygens (including phenoxy) is 1. The lowest BCUT2D eigenvalue weighted by molar-refractivity contribution is -0.160. The van der Waals surface area contributed by atoms with Gasteiger partial charge in [-0.05, 0) is 12.8 Å². The number of methoxy groups -OCH3 is 1. The van der Waals surface area contributed by atoms with E-state index in [2.05, 4.69) is 5.10 Å². The number of hydrogen-bond acceptors (Lipinski definition) is 4. The molecule has 100 valence electrons. The molecule has 0 unspecified atom stereocenters. The first kappa shape index (κ1) is 13.3. The zero-order valence-corrected chi connectivity index (χ0v) is 10.7. The highest BCUT2D eigenvalue weighted by Crippen LogP contribution is 2.47. The average molecular weight is 275 g/mol. The van der Waals surface area contributed by atoms with E-state index in [-0.39, 0.29) is 12.8 Å². The number of rotatable bonds is 5. The number of aromatic nitrogens is 2. The lowest BCUT2D eigenvalue weighted by atomic mass is 9.69. The minimum Gasteiger partial charge on any atom is -0.481 e. The molecule has 1 aliphatic rings. The molecule has 7 heteroatoms. The predicted octanol–water partition coefficient (Wildman–Crippen LogP) is 0.865. The van der Waals surface area contributed by atoms with Gasteiger partial charge in [0.05, 0.1) is 36.0 Å². The Morgan fingerprint density at radius 1 is 1.72 bits per heavy atom. The molecule has 2 rings (SSSR count). The van der Waals surface area contributed by atoms with Crippen molar-refractivity contribution in [2.24, 2.45) is 5.92 Å². The third kappa shape index (κ3) is 2.23. The second kappa shape index (κ2) is 4.87. The summed E-state index contributed by atoms with van der Waals surface area (Å²) in [6, 6.07) is 0. The predicted molar refractivity (Wildman–Crippen MR) is 63.4 cm³/mol. The summed E-state index contributed by atoms with van der Waals surface area (Å²) < 4.78 is 6.53. The van der Waals surface area contributed by atoms with Crippen molar-refractivity contribution in [3.63, 3.8) is 0 Å². The number of carboxylic acid groups (broad SMARTS) is 1. The Morgan fingerprint density at radius 2 is 2.39 bits per heavy atom. The van der Waals surface area contributed by atoms with Gasteiger partial charge < -0.3 is 14.9 Å². The molecule has 1 aromatic rings. The van der Waals surface area contributed by atoms with E-state index in [1.54, 1.807) is 11.8 Å². The van der Waals surface area contributed by atoms with Crippen molar-refractivity contribution in [3.05, 3.63) is 16.9 Å². The molecule has 1 aliphatic carbocycles. The van der Waals surface area contributed by atoms with E-state index >= 15 is 0 Å². The molecule has 1 aromatic heterocycles. The smallest absolute Gasteiger partial charge is 0.306 e. The SMILES string of the molecule is COCCn1ncc(Cl)c1C1(O)CC(C(=O)O)C1. The second-order valence-corrected chi connectivity index (χ2v) is 4.94. The van der Waals surface area contributed by atoms with Crippen LogP contribution in [0, 0.1) is 5.92 Å². The Hall–Kier alpha value is -1.11. The molecule has 0 aromatic carbocycles. The monoisotopic (exact) mass is 274 g/mol. The van der Waals surface area contributed by atoms with Gasteiger partial charge >= 0.3 is 5.97 Å². The average Bonchev–Trinajstić information content (AvgIpc) is 2.63. The van der Waals surface area contributed by atoms with Crippen molar-refractivity contribution in [1.29, 1.82) is 0 Å². The lowest BCUT2D eigenvalue weighted by Gasteiger charge is -2.41. The first-order valence-electron chi connectivity index (χ1n) is 5.64. The summed E-state index contributed by atoms with van der Waals surface area (Å²) in [5.74, 6) is -1.41. The van der Waals surface area contributed by atoms with Crippen LogP contribution in [0.3, 0.4) is 0 Å². The van der Waals surface area contributed by atoms with Gasteiger partial charge in [-0.2, -0.15) is 5.10 Å². The maximum absolute atomic E-state index is 10.8. The number of carboxylic acids is 1. The van der Waals surface area contributed by atoms with E-state index in [0.717, 1.165) is 0 Å². The van der Waals surface area contributed by atoms with Crippen LogP contribution in [0.25, 0.3) is 0 Å². The highest BCUT2D eigenvalue weighted by atomic mass is 35.5. The van der Waals surface area contributed by atoms with E-state index < -0.39 is 17.5 Å². The van der Waals surface area contributed by atoms with Gasteiger partial charge in [-0.15, -0.1) is 0 Å². The number of carbonyl (C=O) groups is 1. The van der Waals surface area contributed by atoms with Gasteiger partial charge in [-0.1, -0.05) is 11.6 Å². The van der Waals surface area contributed by atoms with E-state index in [4.69, 9.17) is 21.4 Å². The molecule has 18 heavy (non-hydrogen) atoms. The van der Waals surface area contributed by atoms with Crippen molar-refractivity contribution < 1.29 is 19.7 Å². The van der Waals surface area contributed by atoms with Crippen molar-refractivity contribution in [1.82, 2.24) is 9.78 Å². The zero-order valence-electron chi connectivity index (χ0n) is 9.97. The lowest BCUT2D eigenvalue weighted by Crippen LogP contribution is -2.46. The fourth-order valence-electron chi connectivity index (χ4n) is 2.30. The van der Waals surface area contributed by atoms with Gasteiger partial charge in [0.2, 0.25) is 0 Å². The summed E-state index contributed by atoms with van der Waals surface area (Å²) in [4.78, 5) is 10.8. The summed E-state index contributed by atoms with van der Waals surface area (Å²) in [5.41, 5.74) is -0.705. The Kier molecular flexibility index (Phi) is 3.61. The third-order valence-electron chi connectivity index (χ3n) is 3.26. The molecule has 0 aliphatic heterocycles. The van der Waals surface area contributed by atoms with Crippen LogP contribution in [0.4, 0.5) is 0 Å². The number of nitrogens with zero attached hydrogens (tertiary/aromatic N) is 2. The second-order valence-electron chi connectivity index (χ2n) is 4.53. The highest BCUT2D eigenvalue weighted by Gasteiger charge is 2.50. The molecule has 2 N–H and O–H groups in total. The number of halogens is 1. The molecule has 1 saturated carbocycles. The molecular formula is C11H15ClN2O4. The maximum Gasteiger partial charge on any atom is 0.306 e. The molecular weight excluding hydrogens is 260 g/mol. The van der Waals surface area contributed by atoms with E-state index in [1.807, 2.05) is 0 Å². The number of hydrogen-bond donors (Lipinski definition) is 2. The topological polar surface area (TPSA) is 84.6 Å². The van der Waals surface area contributed by atoms with Crippen molar-refractivity contribution >= 4 is 17.6 Å². The molecule has 1 heterocycles.